The van der Waals surface area contributed by atoms with Crippen molar-refractivity contribution < 1.29 is 4.39 Å². The summed E-state index contributed by atoms with van der Waals surface area (Å²) >= 11 is 3.35. The number of halogens is 2. The van der Waals surface area contributed by atoms with Gasteiger partial charge in [0.15, 0.2) is 0 Å². The number of hydrogen-bond acceptors (Lipinski definition) is 3. The molecule has 0 fully saturated rings. The number of fused-ring (bicyclic) bond motifs is 1. The summed E-state index contributed by atoms with van der Waals surface area (Å²) in [5.74, 6) is 0.189. The molecule has 3 nitrogen and oxygen atoms in total. The number of benzene rings is 1. The Hall–Kier alpha value is -1.36. The van der Waals surface area contributed by atoms with Gasteiger partial charge in [0.2, 0.25) is 0 Å². The molecule has 1 aromatic heterocycles. The summed E-state index contributed by atoms with van der Waals surface area (Å²) in [5.41, 5.74) is 6.40. The minimum Gasteiger partial charge on any atom is -0.398 e. The third kappa shape index (κ3) is 2.20. The number of anilines is 2. The molecule has 0 bridgehead atoms. The average molecular weight is 298 g/mol. The summed E-state index contributed by atoms with van der Waals surface area (Å²) in [4.78, 5) is 4.19. The van der Waals surface area contributed by atoms with E-state index in [0.717, 1.165) is 0 Å². The lowest BCUT2D eigenvalue weighted by Crippen LogP contribution is -2.12. The quantitative estimate of drug-likeness (QED) is 0.834. The molecule has 0 atom stereocenters. The second kappa shape index (κ2) is 4.49. The molecule has 3 N–H and O–H groups in total. The minimum absolute atomic E-state index is 0.174. The summed E-state index contributed by atoms with van der Waals surface area (Å²) in [6, 6.07) is 3.09. The van der Waals surface area contributed by atoms with Crippen LogP contribution in [0.1, 0.15) is 13.8 Å². The number of aromatic nitrogens is 1. The summed E-state index contributed by atoms with van der Waals surface area (Å²) in [7, 11) is 0. The topological polar surface area (TPSA) is 50.9 Å². The van der Waals surface area contributed by atoms with E-state index >= 15 is 0 Å². The lowest BCUT2D eigenvalue weighted by Gasteiger charge is -2.14. The van der Waals surface area contributed by atoms with Crippen LogP contribution in [0.3, 0.4) is 0 Å². The van der Waals surface area contributed by atoms with Crippen molar-refractivity contribution >= 4 is 38.2 Å². The van der Waals surface area contributed by atoms with Crippen molar-refractivity contribution in [2.75, 3.05) is 11.1 Å². The van der Waals surface area contributed by atoms with Gasteiger partial charge in [-0.2, -0.15) is 0 Å². The van der Waals surface area contributed by atoms with Crippen molar-refractivity contribution in [2.24, 2.45) is 0 Å². The van der Waals surface area contributed by atoms with E-state index in [9.17, 15) is 4.39 Å². The molecule has 0 radical (unpaired) electrons. The van der Waals surface area contributed by atoms with E-state index in [1.165, 1.54) is 6.07 Å². The van der Waals surface area contributed by atoms with Gasteiger partial charge in [0.1, 0.15) is 11.6 Å². The van der Waals surface area contributed by atoms with Crippen LogP contribution in [0.15, 0.2) is 22.8 Å². The molecular formula is C12H13BrFN3. The number of nitrogens with zero attached hydrogens (tertiary/aromatic N) is 1. The summed E-state index contributed by atoms with van der Waals surface area (Å²) in [5, 5.41) is 4.20. The minimum atomic E-state index is -0.328. The second-order valence-electron chi connectivity index (χ2n) is 4.14. The van der Waals surface area contributed by atoms with Crippen LogP contribution in [0.5, 0.6) is 0 Å². The van der Waals surface area contributed by atoms with E-state index in [0.29, 0.717) is 26.8 Å². The molecule has 0 aliphatic carbocycles. The van der Waals surface area contributed by atoms with Gasteiger partial charge in [-0.05, 0) is 41.9 Å². The number of hydrogen-bond donors (Lipinski definition) is 2. The molecule has 0 aliphatic heterocycles. The Morgan fingerprint density at radius 1 is 1.35 bits per heavy atom. The van der Waals surface area contributed by atoms with Gasteiger partial charge in [-0.15, -0.1) is 0 Å². The molecule has 5 heteroatoms. The van der Waals surface area contributed by atoms with Crippen LogP contribution in [0.2, 0.25) is 0 Å². The van der Waals surface area contributed by atoms with Gasteiger partial charge in [0.25, 0.3) is 0 Å². The molecule has 1 heterocycles. The van der Waals surface area contributed by atoms with Crippen molar-refractivity contribution in [3.8, 4) is 0 Å². The van der Waals surface area contributed by atoms with E-state index < -0.39 is 0 Å². The Morgan fingerprint density at radius 2 is 2.06 bits per heavy atom. The number of nitrogens with one attached hydrogen (secondary N) is 1. The molecule has 2 aromatic rings. The first kappa shape index (κ1) is 12.1. The Morgan fingerprint density at radius 3 is 2.71 bits per heavy atom. The fourth-order valence-corrected chi connectivity index (χ4v) is 2.24. The molecule has 0 aliphatic rings. The van der Waals surface area contributed by atoms with Crippen molar-refractivity contribution in [3.05, 3.63) is 28.6 Å². The van der Waals surface area contributed by atoms with Gasteiger partial charge < -0.3 is 11.1 Å². The predicted molar refractivity (Wildman–Crippen MR) is 72.6 cm³/mol. The van der Waals surface area contributed by atoms with Crippen LogP contribution < -0.4 is 11.1 Å². The highest BCUT2D eigenvalue weighted by molar-refractivity contribution is 9.10. The monoisotopic (exact) mass is 297 g/mol. The van der Waals surface area contributed by atoms with E-state index in [1.807, 2.05) is 13.8 Å². The van der Waals surface area contributed by atoms with Crippen LogP contribution in [0.4, 0.5) is 15.9 Å². The molecular weight excluding hydrogens is 285 g/mol. The van der Waals surface area contributed by atoms with Crippen LogP contribution >= 0.6 is 15.9 Å². The highest BCUT2D eigenvalue weighted by atomic mass is 79.9. The lowest BCUT2D eigenvalue weighted by atomic mass is 10.1. The molecule has 1 aromatic carbocycles. The number of rotatable bonds is 2. The fraction of sp³-hybridized carbons (Fsp3) is 0.250. The highest BCUT2D eigenvalue weighted by Crippen LogP contribution is 2.34. The van der Waals surface area contributed by atoms with E-state index in [2.05, 4.69) is 26.2 Å². The Balaban J connectivity index is 2.79. The van der Waals surface area contributed by atoms with Crippen molar-refractivity contribution in [3.63, 3.8) is 0 Å². The first-order valence-corrected chi connectivity index (χ1v) is 6.08. The average Bonchev–Trinajstić information content (AvgIpc) is 2.25. The van der Waals surface area contributed by atoms with Gasteiger partial charge in [0.05, 0.1) is 5.39 Å². The molecule has 90 valence electrons. The third-order valence-corrected chi connectivity index (χ3v) is 3.00. The van der Waals surface area contributed by atoms with E-state index in [-0.39, 0.29) is 11.9 Å². The molecule has 2 rings (SSSR count). The molecule has 0 saturated carbocycles. The highest BCUT2D eigenvalue weighted by Gasteiger charge is 2.13. The van der Waals surface area contributed by atoms with Crippen LogP contribution in [0.25, 0.3) is 10.8 Å². The SMILES string of the molecule is CC(C)Nc1ncc(Br)c2c(N)ccc(F)c12. The molecule has 0 amide bonds. The van der Waals surface area contributed by atoms with Gasteiger partial charge in [-0.3, -0.25) is 0 Å². The number of nitrogen functional groups attached to an aromatic ring is 1. The van der Waals surface area contributed by atoms with Crippen molar-refractivity contribution in [1.82, 2.24) is 4.98 Å². The zero-order chi connectivity index (χ0) is 12.6. The first-order valence-electron chi connectivity index (χ1n) is 5.29. The Kier molecular flexibility index (Phi) is 3.19. The zero-order valence-corrected chi connectivity index (χ0v) is 11.2. The Labute approximate surface area is 107 Å². The number of nitrogens with two attached hydrogens (primary N) is 1. The van der Waals surface area contributed by atoms with E-state index in [1.54, 1.807) is 12.3 Å². The Bertz CT molecular complexity index is 561. The van der Waals surface area contributed by atoms with Gasteiger partial charge in [-0.1, -0.05) is 0 Å². The van der Waals surface area contributed by atoms with Gasteiger partial charge in [-0.25, -0.2) is 9.37 Å². The summed E-state index contributed by atoms with van der Waals surface area (Å²) in [6.07, 6.45) is 1.63. The van der Waals surface area contributed by atoms with Gasteiger partial charge in [0, 0.05) is 27.8 Å². The largest absolute Gasteiger partial charge is 0.398 e. The van der Waals surface area contributed by atoms with E-state index in [4.69, 9.17) is 5.73 Å². The summed E-state index contributed by atoms with van der Waals surface area (Å²) < 4.78 is 14.6. The van der Waals surface area contributed by atoms with Crippen molar-refractivity contribution in [1.29, 1.82) is 0 Å². The van der Waals surface area contributed by atoms with Crippen molar-refractivity contribution in [2.45, 2.75) is 19.9 Å². The molecule has 0 spiro atoms. The third-order valence-electron chi connectivity index (χ3n) is 2.39. The standard InChI is InChI=1S/C12H13BrFN3/c1-6(2)17-12-11-8(14)3-4-9(15)10(11)7(13)5-16-12/h3-6H,15H2,1-2H3,(H,16,17). The normalized spacial score (nSPS) is 11.1. The lowest BCUT2D eigenvalue weighted by molar-refractivity contribution is 0.639. The molecule has 17 heavy (non-hydrogen) atoms. The summed E-state index contributed by atoms with van der Waals surface area (Å²) in [6.45, 7) is 3.94. The first-order chi connectivity index (χ1) is 8.00. The van der Waals surface area contributed by atoms with Gasteiger partial charge >= 0.3 is 0 Å². The fourth-order valence-electron chi connectivity index (χ4n) is 1.72. The van der Waals surface area contributed by atoms with Crippen LogP contribution in [-0.2, 0) is 0 Å². The number of pyridine rings is 1. The maximum absolute atomic E-state index is 13.9. The smallest absolute Gasteiger partial charge is 0.137 e. The van der Waals surface area contributed by atoms with Crippen LogP contribution in [0, 0.1) is 5.82 Å². The maximum Gasteiger partial charge on any atom is 0.137 e. The predicted octanol–water partition coefficient (Wildman–Crippen LogP) is 3.54. The second-order valence-corrected chi connectivity index (χ2v) is 4.99. The maximum atomic E-state index is 13.9. The van der Waals surface area contributed by atoms with Crippen LogP contribution in [-0.4, -0.2) is 11.0 Å². The molecule has 0 saturated heterocycles. The molecule has 0 unspecified atom stereocenters. The zero-order valence-electron chi connectivity index (χ0n) is 9.59.